The predicted octanol–water partition coefficient (Wildman–Crippen LogP) is 0.792. The number of aromatic nitrogens is 4. The zero-order valence-electron chi connectivity index (χ0n) is 12.3. The highest BCUT2D eigenvalue weighted by Crippen LogP contribution is 2.17. The van der Waals surface area contributed by atoms with E-state index in [0.29, 0.717) is 13.2 Å². The molecule has 0 spiro atoms. The van der Waals surface area contributed by atoms with Crippen molar-refractivity contribution in [1.29, 1.82) is 0 Å². The highest BCUT2D eigenvalue weighted by molar-refractivity contribution is 5.37. The average Bonchev–Trinajstić information content (AvgIpc) is 2.91. The van der Waals surface area contributed by atoms with Crippen molar-refractivity contribution in [2.45, 2.75) is 19.5 Å². The van der Waals surface area contributed by atoms with E-state index in [1.807, 2.05) is 30.8 Å². The molecule has 1 saturated heterocycles. The van der Waals surface area contributed by atoms with Gasteiger partial charge >= 0.3 is 0 Å². The number of ether oxygens (including phenoxy) is 1. The maximum atomic E-state index is 5.49. The maximum absolute atomic E-state index is 5.49. The highest BCUT2D eigenvalue weighted by Gasteiger charge is 2.17. The lowest BCUT2D eigenvalue weighted by molar-refractivity contribution is 0.0755. The fourth-order valence-corrected chi connectivity index (χ4v) is 2.35. The third-order valence-corrected chi connectivity index (χ3v) is 3.49. The Morgan fingerprint density at radius 2 is 2.38 bits per heavy atom. The van der Waals surface area contributed by atoms with Gasteiger partial charge in [-0.2, -0.15) is 0 Å². The number of rotatable bonds is 4. The Labute approximate surface area is 123 Å². The molecule has 2 N–H and O–H groups in total. The van der Waals surface area contributed by atoms with E-state index in [9.17, 15) is 0 Å². The number of hydrogen-bond acceptors (Lipinski definition) is 6. The van der Waals surface area contributed by atoms with Gasteiger partial charge in [-0.05, 0) is 6.92 Å². The van der Waals surface area contributed by atoms with Crippen LogP contribution in [0.4, 0.5) is 5.82 Å². The molecule has 2 aromatic heterocycles. The van der Waals surface area contributed by atoms with E-state index in [1.54, 1.807) is 6.20 Å². The van der Waals surface area contributed by atoms with Crippen molar-refractivity contribution in [3.8, 4) is 0 Å². The molecule has 0 radical (unpaired) electrons. The summed E-state index contributed by atoms with van der Waals surface area (Å²) in [6.07, 6.45) is 3.72. The van der Waals surface area contributed by atoms with Crippen molar-refractivity contribution in [1.82, 2.24) is 24.8 Å². The molecule has 112 valence electrons. The zero-order valence-corrected chi connectivity index (χ0v) is 12.3. The van der Waals surface area contributed by atoms with Gasteiger partial charge in [0.05, 0.1) is 31.5 Å². The molecule has 0 saturated carbocycles. The molecule has 1 atom stereocenters. The van der Waals surface area contributed by atoms with Crippen LogP contribution < -0.4 is 10.6 Å². The Hall–Kier alpha value is -1.99. The fraction of sp³-hybridized carbons (Fsp3) is 0.500. The Bertz CT molecular complexity index is 605. The van der Waals surface area contributed by atoms with Gasteiger partial charge in [0, 0.05) is 32.1 Å². The average molecular weight is 288 g/mol. The monoisotopic (exact) mass is 288 g/mol. The fourth-order valence-electron chi connectivity index (χ4n) is 2.35. The van der Waals surface area contributed by atoms with E-state index in [-0.39, 0.29) is 6.04 Å². The summed E-state index contributed by atoms with van der Waals surface area (Å²) in [7, 11) is 1.98. The van der Waals surface area contributed by atoms with Crippen molar-refractivity contribution < 1.29 is 4.74 Å². The van der Waals surface area contributed by atoms with Crippen LogP contribution in [0.1, 0.15) is 23.4 Å². The Morgan fingerprint density at radius 1 is 1.48 bits per heavy atom. The zero-order chi connectivity index (χ0) is 14.7. The van der Waals surface area contributed by atoms with Crippen molar-refractivity contribution in [3.05, 3.63) is 35.8 Å². The summed E-state index contributed by atoms with van der Waals surface area (Å²) in [4.78, 5) is 13.2. The van der Waals surface area contributed by atoms with Crippen LogP contribution in [0.5, 0.6) is 0 Å². The molecule has 1 aliphatic rings. The summed E-state index contributed by atoms with van der Waals surface area (Å²) in [6.45, 7) is 4.79. The third-order valence-electron chi connectivity index (χ3n) is 3.49. The molecule has 0 amide bonds. The first-order chi connectivity index (χ1) is 10.2. The minimum atomic E-state index is 0.133. The van der Waals surface area contributed by atoms with E-state index in [1.165, 1.54) is 0 Å². The molecule has 7 nitrogen and oxygen atoms in total. The molecule has 1 fully saturated rings. The van der Waals surface area contributed by atoms with E-state index in [4.69, 9.17) is 4.74 Å². The van der Waals surface area contributed by atoms with Gasteiger partial charge < -0.3 is 19.9 Å². The smallest absolute Gasteiger partial charge is 0.130 e. The summed E-state index contributed by atoms with van der Waals surface area (Å²) < 4.78 is 7.48. The number of nitrogens with one attached hydrogen (secondary N) is 2. The summed E-state index contributed by atoms with van der Waals surface area (Å²) in [5.41, 5.74) is 0.963. The molecule has 0 aromatic carbocycles. The Morgan fingerprint density at radius 3 is 3.10 bits per heavy atom. The van der Waals surface area contributed by atoms with Gasteiger partial charge in [-0.3, -0.25) is 0 Å². The van der Waals surface area contributed by atoms with Crippen LogP contribution in [0.25, 0.3) is 0 Å². The normalized spacial score (nSPS) is 18.7. The summed E-state index contributed by atoms with van der Waals surface area (Å²) in [5.74, 6) is 2.53. The van der Waals surface area contributed by atoms with E-state index in [0.717, 1.165) is 36.3 Å². The first kappa shape index (κ1) is 14.0. The lowest BCUT2D eigenvalue weighted by Gasteiger charge is -2.23. The number of aryl methyl sites for hydroxylation is 2. The second kappa shape index (κ2) is 6.19. The van der Waals surface area contributed by atoms with Crippen LogP contribution in [-0.4, -0.2) is 39.3 Å². The summed E-state index contributed by atoms with van der Waals surface area (Å²) >= 11 is 0. The maximum Gasteiger partial charge on any atom is 0.130 e. The standard InChI is InChI=1S/C14H20N6O/c1-10-18-11(12-9-21-6-4-15-12)7-13(19-10)17-8-14-16-3-5-20(14)2/h3,5,7,12,15H,4,6,8-9H2,1-2H3,(H,17,18,19). The molecule has 3 rings (SSSR count). The second-order valence-corrected chi connectivity index (χ2v) is 5.11. The van der Waals surface area contributed by atoms with Gasteiger partial charge in [-0.25, -0.2) is 15.0 Å². The van der Waals surface area contributed by atoms with Crippen LogP contribution in [-0.2, 0) is 18.3 Å². The van der Waals surface area contributed by atoms with Crippen molar-refractivity contribution >= 4 is 5.82 Å². The molecule has 3 heterocycles. The summed E-state index contributed by atoms with van der Waals surface area (Å²) in [6, 6.07) is 2.11. The highest BCUT2D eigenvalue weighted by atomic mass is 16.5. The molecule has 0 aliphatic carbocycles. The third kappa shape index (κ3) is 3.37. The van der Waals surface area contributed by atoms with E-state index < -0.39 is 0 Å². The van der Waals surface area contributed by atoms with Crippen molar-refractivity contribution in [2.24, 2.45) is 7.05 Å². The molecule has 1 unspecified atom stereocenters. The molecule has 7 heteroatoms. The molecule has 21 heavy (non-hydrogen) atoms. The molecule has 0 bridgehead atoms. The topological polar surface area (TPSA) is 76.9 Å². The second-order valence-electron chi connectivity index (χ2n) is 5.11. The lowest BCUT2D eigenvalue weighted by Crippen LogP contribution is -2.35. The number of anilines is 1. The Kier molecular flexibility index (Phi) is 4.12. The largest absolute Gasteiger partial charge is 0.378 e. The minimum absolute atomic E-state index is 0.133. The molecular weight excluding hydrogens is 268 g/mol. The number of morpholine rings is 1. The Balaban J connectivity index is 1.73. The van der Waals surface area contributed by atoms with Crippen molar-refractivity contribution in [2.75, 3.05) is 25.1 Å². The number of nitrogens with zero attached hydrogens (tertiary/aromatic N) is 4. The molecule has 1 aliphatic heterocycles. The lowest BCUT2D eigenvalue weighted by atomic mass is 10.2. The van der Waals surface area contributed by atoms with Crippen LogP contribution >= 0.6 is 0 Å². The van der Waals surface area contributed by atoms with Gasteiger partial charge in [-0.15, -0.1) is 0 Å². The van der Waals surface area contributed by atoms with Crippen LogP contribution in [0.15, 0.2) is 18.5 Å². The number of hydrogen-bond donors (Lipinski definition) is 2. The molecular formula is C14H20N6O. The number of imidazole rings is 1. The minimum Gasteiger partial charge on any atom is -0.378 e. The molecule has 2 aromatic rings. The van der Waals surface area contributed by atoms with Gasteiger partial charge in [-0.1, -0.05) is 0 Å². The van der Waals surface area contributed by atoms with Crippen LogP contribution in [0.3, 0.4) is 0 Å². The first-order valence-corrected chi connectivity index (χ1v) is 7.09. The predicted molar refractivity (Wildman–Crippen MR) is 78.9 cm³/mol. The van der Waals surface area contributed by atoms with E-state index >= 15 is 0 Å². The van der Waals surface area contributed by atoms with Gasteiger partial charge in [0.25, 0.3) is 0 Å². The van der Waals surface area contributed by atoms with Gasteiger partial charge in [0.15, 0.2) is 0 Å². The quantitative estimate of drug-likeness (QED) is 0.866. The van der Waals surface area contributed by atoms with Crippen LogP contribution in [0.2, 0.25) is 0 Å². The van der Waals surface area contributed by atoms with E-state index in [2.05, 4.69) is 25.6 Å². The van der Waals surface area contributed by atoms with Crippen molar-refractivity contribution in [3.63, 3.8) is 0 Å². The summed E-state index contributed by atoms with van der Waals surface area (Å²) in [5, 5.41) is 6.71. The first-order valence-electron chi connectivity index (χ1n) is 7.09. The van der Waals surface area contributed by atoms with Crippen LogP contribution in [0, 0.1) is 6.92 Å². The SMILES string of the molecule is Cc1nc(NCc2nccn2C)cc(C2COCCN2)n1. The van der Waals surface area contributed by atoms with Gasteiger partial charge in [0.2, 0.25) is 0 Å². The van der Waals surface area contributed by atoms with Gasteiger partial charge in [0.1, 0.15) is 17.5 Å².